The Kier molecular flexibility index (Phi) is 33.0. The van der Waals surface area contributed by atoms with Gasteiger partial charge in [-0.25, -0.2) is 19.4 Å². The van der Waals surface area contributed by atoms with Gasteiger partial charge in [0, 0.05) is 37.1 Å². The Bertz CT molecular complexity index is 5000. The number of nitrogens with two attached hydrogens (primary N) is 1. The van der Waals surface area contributed by atoms with Crippen molar-refractivity contribution in [2.45, 2.75) is 249 Å². The van der Waals surface area contributed by atoms with Gasteiger partial charge >= 0.3 is 12.2 Å². The first kappa shape index (κ1) is 97.4. The SMILES string of the molecule is CC[C@H](C)[C@H](NC(=O)[C@H](C)NC(=O)[C@H](C)NC(=O)[C@H](CP(=S)(c1ccccc1)c1ccccc1)N(C(=O)OCC1c2ccccc2-c2ccccc21)C(=O)[C@H](CP(=S)(C1CCCCC1)C1CCCCC1)N(C(=O)OCC1c2ccccc2-c2ccccc21)C(=O)[C@H](C)NC(=O)C(C)(C)NC(=O)[C@H](C)NC(C)=O)C(=O)N[C@@H](C)C(=O)NC(C)(C)C(=O)N[C@@H](C)C(N)=O. The van der Waals surface area contributed by atoms with Gasteiger partial charge in [0.25, 0.3) is 11.8 Å². The van der Waals surface area contributed by atoms with Gasteiger partial charge in [-0.3, -0.25) is 57.5 Å². The number of amides is 14. The van der Waals surface area contributed by atoms with Gasteiger partial charge in [0.2, 0.25) is 59.1 Å². The minimum atomic E-state index is -3.64. The van der Waals surface area contributed by atoms with Gasteiger partial charge in [0.1, 0.15) is 78.7 Å². The van der Waals surface area contributed by atoms with Crippen LogP contribution < -0.4 is 64.2 Å². The van der Waals surface area contributed by atoms with Crippen molar-refractivity contribution in [2.75, 3.05) is 25.5 Å². The summed E-state index contributed by atoms with van der Waals surface area (Å²) in [6.45, 7) is 17.4. The molecule has 4 aliphatic rings. The van der Waals surface area contributed by atoms with Crippen molar-refractivity contribution in [3.63, 3.8) is 0 Å². The first-order chi connectivity index (χ1) is 59.7. The number of benzene rings is 6. The predicted octanol–water partition coefficient (Wildman–Crippen LogP) is 9.41. The number of hydrogen-bond donors (Lipinski definition) is 10. The quantitative estimate of drug-likeness (QED) is 0.0164. The molecule has 0 aromatic heterocycles. The van der Waals surface area contributed by atoms with Crippen LogP contribution in [0.15, 0.2) is 158 Å². The van der Waals surface area contributed by atoms with Crippen LogP contribution in [0.25, 0.3) is 22.3 Å². The summed E-state index contributed by atoms with van der Waals surface area (Å²) in [5.41, 5.74) is 8.03. The van der Waals surface area contributed by atoms with E-state index < -0.39 is 204 Å². The summed E-state index contributed by atoms with van der Waals surface area (Å²) >= 11 is 14.4. The summed E-state index contributed by atoms with van der Waals surface area (Å²) in [4.78, 5) is 210. The zero-order valence-corrected chi connectivity index (χ0v) is 77.3. The molecule has 0 bridgehead atoms. The lowest BCUT2D eigenvalue weighted by molar-refractivity contribution is -0.147. The molecule has 0 spiro atoms. The molecule has 0 heterocycles. The van der Waals surface area contributed by atoms with E-state index in [2.05, 4.69) is 47.9 Å². The van der Waals surface area contributed by atoms with Crippen molar-refractivity contribution < 1.29 is 76.6 Å². The molecular formula is C94H120N12O16P2S2. The van der Waals surface area contributed by atoms with Crippen molar-refractivity contribution in [3.05, 3.63) is 180 Å². The monoisotopic (exact) mass is 1800 g/mol. The van der Waals surface area contributed by atoms with Crippen LogP contribution in [0.4, 0.5) is 9.59 Å². The number of rotatable bonds is 36. The number of nitrogens with zero attached hydrogens (tertiary/aromatic N) is 2. The summed E-state index contributed by atoms with van der Waals surface area (Å²) in [6.07, 6.45) is 3.97. The molecule has 2 saturated carbocycles. The van der Waals surface area contributed by atoms with Gasteiger partial charge in [-0.15, -0.1) is 0 Å². The predicted molar refractivity (Wildman–Crippen MR) is 492 cm³/mol. The van der Waals surface area contributed by atoms with Crippen molar-refractivity contribution in [2.24, 2.45) is 11.7 Å². The third-order valence-corrected chi connectivity index (χ3v) is 36.2. The maximum absolute atomic E-state index is 18.2. The van der Waals surface area contributed by atoms with Crippen molar-refractivity contribution in [1.82, 2.24) is 57.7 Å². The molecular weight excluding hydrogens is 1680 g/mol. The second-order valence-corrected chi connectivity index (χ2v) is 45.1. The van der Waals surface area contributed by atoms with Crippen LogP contribution in [0.1, 0.15) is 195 Å². The Labute approximate surface area is 747 Å². The highest BCUT2D eigenvalue weighted by Gasteiger charge is 2.53. The van der Waals surface area contributed by atoms with Crippen LogP contribution in [0.5, 0.6) is 0 Å². The molecule has 126 heavy (non-hydrogen) atoms. The number of nitrogens with one attached hydrogen (secondary N) is 9. The zero-order valence-electron chi connectivity index (χ0n) is 73.9. The van der Waals surface area contributed by atoms with Gasteiger partial charge in [-0.05, 0) is 173 Å². The minimum absolute atomic E-state index is 0.226. The number of carbonyl (C=O) groups is 14. The molecule has 10 rings (SSSR count). The Morgan fingerprint density at radius 2 is 0.762 bits per heavy atom. The van der Waals surface area contributed by atoms with E-state index in [1.54, 1.807) is 74.5 Å². The van der Waals surface area contributed by atoms with Gasteiger partial charge in [0.05, 0.1) is 0 Å². The van der Waals surface area contributed by atoms with Gasteiger partial charge in [-0.1, -0.05) is 240 Å². The maximum Gasteiger partial charge on any atom is 0.417 e. The number of fused-ring (bicyclic) bond motifs is 6. The minimum Gasteiger partial charge on any atom is -0.448 e. The molecule has 10 atom stereocenters. The van der Waals surface area contributed by atoms with E-state index in [4.69, 9.17) is 38.8 Å². The lowest BCUT2D eigenvalue weighted by Crippen LogP contribution is -2.65. The fourth-order valence-electron chi connectivity index (χ4n) is 17.2. The molecule has 0 saturated heterocycles. The molecule has 2 fully saturated rings. The lowest BCUT2D eigenvalue weighted by atomic mass is 9.97. The fraction of sp³-hybridized carbons (Fsp3) is 0.468. The first-order valence-corrected chi connectivity index (χ1v) is 49.5. The highest BCUT2D eigenvalue weighted by molar-refractivity contribution is 8.22. The maximum atomic E-state index is 18.2. The Hall–Kier alpha value is -10.8. The summed E-state index contributed by atoms with van der Waals surface area (Å²) in [6, 6.07) is 27.1. The molecule has 6 aromatic carbocycles. The first-order valence-electron chi connectivity index (χ1n) is 43.4. The average molecular weight is 1800 g/mol. The molecule has 28 nitrogen and oxygen atoms in total. The Morgan fingerprint density at radius 1 is 0.413 bits per heavy atom. The van der Waals surface area contributed by atoms with E-state index in [1.165, 1.54) is 76.2 Å². The van der Waals surface area contributed by atoms with E-state index in [0.29, 0.717) is 52.5 Å². The second kappa shape index (κ2) is 42.7. The van der Waals surface area contributed by atoms with Gasteiger partial charge in [0.15, 0.2) is 0 Å². The fourth-order valence-corrected chi connectivity index (χ4v) is 27.4. The van der Waals surface area contributed by atoms with E-state index in [-0.39, 0.29) is 11.3 Å². The summed E-state index contributed by atoms with van der Waals surface area (Å²) < 4.78 is 13.3. The average Bonchev–Trinajstić information content (AvgIpc) is 1.42. The second-order valence-electron chi connectivity index (χ2n) is 34.8. The summed E-state index contributed by atoms with van der Waals surface area (Å²) in [7, 11) is 0. The van der Waals surface area contributed by atoms with Crippen LogP contribution in [-0.2, 0) is 90.6 Å². The third-order valence-electron chi connectivity index (χ3n) is 24.7. The van der Waals surface area contributed by atoms with Crippen LogP contribution >= 0.6 is 12.1 Å². The molecule has 6 aromatic rings. The van der Waals surface area contributed by atoms with E-state index in [9.17, 15) is 38.4 Å². The molecule has 674 valence electrons. The van der Waals surface area contributed by atoms with Crippen LogP contribution in [-0.4, -0.2) is 195 Å². The van der Waals surface area contributed by atoms with Crippen LogP contribution in [0.2, 0.25) is 0 Å². The lowest BCUT2D eigenvalue weighted by Gasteiger charge is -2.45. The molecule has 32 heteroatoms. The third kappa shape index (κ3) is 22.9. The largest absolute Gasteiger partial charge is 0.448 e. The molecule has 0 aliphatic heterocycles. The van der Waals surface area contributed by atoms with Crippen molar-refractivity contribution in [1.29, 1.82) is 0 Å². The highest BCUT2D eigenvalue weighted by Crippen LogP contribution is 2.64. The number of carbonyl (C=O) groups excluding carboxylic acids is 14. The molecule has 0 unspecified atom stereocenters. The zero-order chi connectivity index (χ0) is 91.9. The number of ether oxygens (including phenoxy) is 2. The Balaban J connectivity index is 1.11. The molecule has 4 aliphatic carbocycles. The molecule has 11 N–H and O–H groups in total. The van der Waals surface area contributed by atoms with Gasteiger partial charge < -0.3 is 63.1 Å². The van der Waals surface area contributed by atoms with Crippen molar-refractivity contribution >= 4 is 129 Å². The number of imide groups is 2. The van der Waals surface area contributed by atoms with Crippen LogP contribution in [0, 0.1) is 5.92 Å². The van der Waals surface area contributed by atoms with E-state index in [1.807, 2.05) is 97.1 Å². The Morgan fingerprint density at radius 3 is 1.16 bits per heavy atom. The topological polar surface area (TPSA) is 398 Å². The van der Waals surface area contributed by atoms with Crippen LogP contribution in [0.3, 0.4) is 0 Å². The number of hydrogen-bond acceptors (Lipinski definition) is 18. The highest BCUT2D eigenvalue weighted by atomic mass is 32.4. The van der Waals surface area contributed by atoms with E-state index in [0.717, 1.165) is 83.0 Å². The summed E-state index contributed by atoms with van der Waals surface area (Å²) in [5.74, 6) is -12.8. The standard InChI is InChI=1S/C94H120N12O16P2S2/c1-14-55(2)79(86(114)99-60(7)84(112)104-93(10,11)89(117)100-56(3)80(95)108)102-82(110)58(5)97-81(109)57(4)98-85(113)77(53-123(125,63-35-19-15-20-36-63)64-37-21-16-22-38-64)105(91(119)121-51-75-71-47-31-27-43-67(71)68-44-28-32-48-72(68)75)88(116)78(54-124(126,65-39-23-17-24-40-65)66-41-25-18-26-42-66)106(87(115)61(8)101-90(118)94(12,13)103-83(111)59(6)96-62(9)107)92(120)122-52-76-73-49-33-29-45-69(73)70-46-30-34-50-74(70)76/h15-16,19-22,27-38,43-50,55-61,65-66,75-79H,14,17-18,23-26,39-42,51-54H2,1-13H3,(H2,95,108)(H,96,107)(H,97,109)(H,98,113)(H,99,114)(H,100,117)(H,101,118)(H,102,110)(H,103,111)(H,104,112)/t55-,56-,57-,58-,59-,60-,61-,77-,78-,79-/m0/s1. The summed E-state index contributed by atoms with van der Waals surface area (Å²) in [5, 5.41) is 24.6. The molecule has 0 radical (unpaired) electrons. The number of primary amides is 1. The van der Waals surface area contributed by atoms with Crippen molar-refractivity contribution in [3.8, 4) is 22.3 Å². The normalized spacial score (nSPS) is 16.5. The van der Waals surface area contributed by atoms with E-state index >= 15 is 28.8 Å². The molecule has 14 amide bonds. The van der Waals surface area contributed by atoms with Gasteiger partial charge in [-0.2, -0.15) is 0 Å². The smallest absolute Gasteiger partial charge is 0.417 e.